The topological polar surface area (TPSA) is 219 Å². The molecule has 0 bridgehead atoms. The van der Waals surface area contributed by atoms with Crippen molar-refractivity contribution >= 4 is 46.9 Å². The molecule has 268 valence electrons. The number of halogens is 3. The Morgan fingerprint density at radius 2 is 1.21 bits per heavy atom. The number of aromatic hydroxyl groups is 3. The van der Waals surface area contributed by atoms with Crippen LogP contribution in [0.5, 0.6) is 23.0 Å². The molecule has 5 N–H and O–H groups in total. The third-order valence-electron chi connectivity index (χ3n) is 10.2. The molecule has 17 heteroatoms. The number of benzene rings is 3. The summed E-state index contributed by atoms with van der Waals surface area (Å²) in [6, 6.07) is 8.73. The van der Waals surface area contributed by atoms with Crippen molar-refractivity contribution in [2.75, 3.05) is 9.80 Å². The summed E-state index contributed by atoms with van der Waals surface area (Å²) in [6.07, 6.45) is -3.89. The highest BCUT2D eigenvalue weighted by Gasteiger charge is 2.62. The van der Waals surface area contributed by atoms with Crippen LogP contribution in [0.25, 0.3) is 0 Å². The number of carboxylic acid groups (broad SMARTS) is 2. The SMILES string of the molecule is O=C(O)c1ccc(N2C(=O)[C@H]3[C@H](CC=C4[C@H]3C[C@H]3C(=O)N(c5ccc(C(=O)O)c(O)c5)C(=O)[C@H]3[C@H]4c3cc(OC(F)(F)F)ccc3O)C2=O)cc1O. The smallest absolute Gasteiger partial charge is 0.508 e. The van der Waals surface area contributed by atoms with Crippen LogP contribution in [0, 0.1) is 29.6 Å². The largest absolute Gasteiger partial charge is 0.573 e. The lowest BCUT2D eigenvalue weighted by Gasteiger charge is -2.44. The van der Waals surface area contributed by atoms with Gasteiger partial charge in [-0.15, -0.1) is 13.2 Å². The summed E-state index contributed by atoms with van der Waals surface area (Å²) < 4.78 is 43.9. The Labute approximate surface area is 289 Å². The van der Waals surface area contributed by atoms with Crippen LogP contribution in [0.4, 0.5) is 24.5 Å². The molecule has 3 fully saturated rings. The van der Waals surface area contributed by atoms with Gasteiger partial charge >= 0.3 is 18.3 Å². The summed E-state index contributed by atoms with van der Waals surface area (Å²) in [5.74, 6) is -16.1. The quantitative estimate of drug-likeness (QED) is 0.179. The number of fused-ring (bicyclic) bond motifs is 4. The predicted octanol–water partition coefficient (Wildman–Crippen LogP) is 4.14. The zero-order valence-corrected chi connectivity index (χ0v) is 26.3. The van der Waals surface area contributed by atoms with Crippen LogP contribution in [0.15, 0.2) is 66.2 Å². The van der Waals surface area contributed by atoms with Crippen LogP contribution in [-0.2, 0) is 19.2 Å². The fourth-order valence-corrected chi connectivity index (χ4v) is 8.10. The summed E-state index contributed by atoms with van der Waals surface area (Å²) in [5, 5.41) is 50.3. The van der Waals surface area contributed by atoms with Gasteiger partial charge in [0.1, 0.15) is 34.1 Å². The molecule has 2 heterocycles. The number of ether oxygens (including phenoxy) is 1. The maximum atomic E-state index is 14.2. The van der Waals surface area contributed by atoms with Gasteiger partial charge in [0.2, 0.25) is 23.6 Å². The molecule has 0 unspecified atom stereocenters. The molecule has 2 aliphatic heterocycles. The minimum Gasteiger partial charge on any atom is -0.508 e. The van der Waals surface area contributed by atoms with Crippen LogP contribution >= 0.6 is 0 Å². The average Bonchev–Trinajstić information content (AvgIpc) is 3.47. The molecule has 3 aromatic carbocycles. The predicted molar refractivity (Wildman–Crippen MR) is 167 cm³/mol. The molecule has 0 radical (unpaired) electrons. The summed E-state index contributed by atoms with van der Waals surface area (Å²) >= 11 is 0. The highest BCUT2D eigenvalue weighted by molar-refractivity contribution is 6.24. The average molecular weight is 723 g/mol. The zero-order chi connectivity index (χ0) is 37.5. The Morgan fingerprint density at radius 1 is 0.673 bits per heavy atom. The van der Waals surface area contributed by atoms with Crippen molar-refractivity contribution in [1.82, 2.24) is 0 Å². The van der Waals surface area contributed by atoms with Gasteiger partial charge in [0, 0.05) is 23.6 Å². The number of carbonyl (C=O) groups excluding carboxylic acids is 4. The Hall–Kier alpha value is -6.39. The number of phenolic OH excluding ortho intramolecular Hbond substituents is 1. The van der Waals surface area contributed by atoms with Gasteiger partial charge in [-0.1, -0.05) is 11.6 Å². The first-order chi connectivity index (χ1) is 24.5. The van der Waals surface area contributed by atoms with E-state index in [1.807, 2.05) is 0 Å². The van der Waals surface area contributed by atoms with E-state index in [0.717, 1.165) is 59.5 Å². The lowest BCUT2D eigenvalue weighted by atomic mass is 9.57. The molecule has 0 aromatic heterocycles. The Balaban J connectivity index is 1.34. The van der Waals surface area contributed by atoms with E-state index in [9.17, 15) is 67.5 Å². The van der Waals surface area contributed by atoms with Crippen molar-refractivity contribution in [3.8, 4) is 23.0 Å². The monoisotopic (exact) mass is 722 g/mol. The third-order valence-corrected chi connectivity index (χ3v) is 10.2. The Bertz CT molecular complexity index is 2160. The van der Waals surface area contributed by atoms with Gasteiger partial charge in [0.05, 0.1) is 35.0 Å². The molecule has 2 aliphatic carbocycles. The molecular formula is C35H25F3N2O12. The number of hydrogen-bond acceptors (Lipinski definition) is 10. The molecule has 1 saturated carbocycles. The molecule has 52 heavy (non-hydrogen) atoms. The number of carboxylic acids is 2. The van der Waals surface area contributed by atoms with Crippen LogP contribution in [0.3, 0.4) is 0 Å². The molecule has 4 aliphatic rings. The van der Waals surface area contributed by atoms with Gasteiger partial charge in [-0.25, -0.2) is 19.4 Å². The van der Waals surface area contributed by atoms with Crippen molar-refractivity contribution in [3.63, 3.8) is 0 Å². The van der Waals surface area contributed by atoms with Crippen molar-refractivity contribution in [2.24, 2.45) is 29.6 Å². The first kappa shape index (κ1) is 34.1. The first-order valence-electron chi connectivity index (χ1n) is 15.6. The van der Waals surface area contributed by atoms with E-state index in [4.69, 9.17) is 0 Å². The summed E-state index contributed by atoms with van der Waals surface area (Å²) in [7, 11) is 0. The van der Waals surface area contributed by atoms with Gasteiger partial charge < -0.3 is 30.3 Å². The van der Waals surface area contributed by atoms with Gasteiger partial charge in [-0.05, 0) is 61.2 Å². The number of amides is 4. The highest BCUT2D eigenvalue weighted by atomic mass is 19.4. The fraction of sp³-hybridized carbons (Fsp3) is 0.257. The third kappa shape index (κ3) is 5.27. The molecule has 3 aromatic rings. The van der Waals surface area contributed by atoms with E-state index in [1.54, 1.807) is 6.08 Å². The Kier molecular flexibility index (Phi) is 7.77. The summed E-state index contributed by atoms with van der Waals surface area (Å²) in [6.45, 7) is 0. The normalized spacial score (nSPS) is 25.4. The molecule has 0 spiro atoms. The molecule has 2 saturated heterocycles. The van der Waals surface area contributed by atoms with Crippen molar-refractivity contribution in [2.45, 2.75) is 25.1 Å². The van der Waals surface area contributed by atoms with Gasteiger partial charge in [-0.2, -0.15) is 0 Å². The minimum atomic E-state index is -5.14. The second kappa shape index (κ2) is 11.9. The molecular weight excluding hydrogens is 697 g/mol. The fourth-order valence-electron chi connectivity index (χ4n) is 8.10. The number of rotatable bonds is 6. The van der Waals surface area contributed by atoms with E-state index < -0.39 is 112 Å². The van der Waals surface area contributed by atoms with Crippen molar-refractivity contribution < 1.29 is 72.2 Å². The second-order valence-corrected chi connectivity index (χ2v) is 12.8. The van der Waals surface area contributed by atoms with E-state index in [0.29, 0.717) is 10.5 Å². The lowest BCUT2D eigenvalue weighted by Crippen LogP contribution is -2.43. The number of anilines is 2. The number of allylic oxidation sites excluding steroid dienone is 2. The van der Waals surface area contributed by atoms with Crippen LogP contribution < -0.4 is 14.5 Å². The number of nitrogens with zero attached hydrogens (tertiary/aromatic N) is 2. The number of imide groups is 2. The maximum Gasteiger partial charge on any atom is 0.573 e. The minimum absolute atomic E-state index is 0.0967. The van der Waals surface area contributed by atoms with E-state index >= 15 is 0 Å². The van der Waals surface area contributed by atoms with Crippen LogP contribution in [0.1, 0.15) is 45.0 Å². The highest BCUT2D eigenvalue weighted by Crippen LogP contribution is 2.59. The number of hydrogen-bond donors (Lipinski definition) is 5. The van der Waals surface area contributed by atoms with Gasteiger partial charge in [0.15, 0.2) is 0 Å². The maximum absolute atomic E-state index is 14.2. The molecule has 14 nitrogen and oxygen atoms in total. The number of alkyl halides is 3. The standard InChI is InChI=1S/C35H25F3N2O12/c36-35(37,38)52-15-3-8-23(41)21(11-15)26-16-6-7-19-27(31(46)39(29(19)44)13-1-4-17(33(48)49)24(42)9-13)20(16)12-22-28(26)32(47)40(30(22)45)14-2-5-18(34(50)51)25(43)10-14/h1-6,8-11,19-20,22,26-28,41-43H,7,12H2,(H,48,49)(H,50,51)/t19-,20+,22+,26+,27-,28+/m0/s1. The molecule has 6 atom stereocenters. The van der Waals surface area contributed by atoms with E-state index in [2.05, 4.69) is 4.74 Å². The number of phenols is 3. The van der Waals surface area contributed by atoms with Crippen molar-refractivity contribution in [3.05, 3.63) is 82.9 Å². The lowest BCUT2D eigenvalue weighted by molar-refractivity contribution is -0.274. The number of aromatic carboxylic acids is 2. The molecule has 4 amide bonds. The Morgan fingerprint density at radius 3 is 1.73 bits per heavy atom. The van der Waals surface area contributed by atoms with Crippen LogP contribution in [0.2, 0.25) is 0 Å². The van der Waals surface area contributed by atoms with Gasteiger partial charge in [-0.3, -0.25) is 19.2 Å². The molecule has 7 rings (SSSR count). The van der Waals surface area contributed by atoms with Gasteiger partial charge in [0.25, 0.3) is 0 Å². The number of carbonyl (C=O) groups is 6. The second-order valence-electron chi connectivity index (χ2n) is 12.8. The summed E-state index contributed by atoms with van der Waals surface area (Å²) in [5.41, 5.74) is -1.28. The van der Waals surface area contributed by atoms with Crippen molar-refractivity contribution in [1.29, 1.82) is 0 Å². The first-order valence-corrected chi connectivity index (χ1v) is 15.6. The zero-order valence-electron chi connectivity index (χ0n) is 26.3. The van der Waals surface area contributed by atoms with E-state index in [-0.39, 0.29) is 29.8 Å². The summed E-state index contributed by atoms with van der Waals surface area (Å²) in [4.78, 5) is 80.7. The van der Waals surface area contributed by atoms with Crippen LogP contribution in [-0.4, -0.2) is 67.5 Å². The van der Waals surface area contributed by atoms with E-state index in [1.165, 1.54) is 0 Å².